The summed E-state index contributed by atoms with van der Waals surface area (Å²) in [6.07, 6.45) is -5.31. The van der Waals surface area contributed by atoms with Gasteiger partial charge in [0.05, 0.1) is 12.1 Å². The molecule has 21 heavy (non-hydrogen) atoms. The number of hydrogen-bond acceptors (Lipinski definition) is 3. The van der Waals surface area contributed by atoms with Crippen LogP contribution in [0, 0.1) is 6.92 Å². The van der Waals surface area contributed by atoms with Gasteiger partial charge in [-0.1, -0.05) is 18.2 Å². The summed E-state index contributed by atoms with van der Waals surface area (Å²) in [4.78, 5) is 13.6. The van der Waals surface area contributed by atoms with Crippen LogP contribution in [0.1, 0.15) is 21.7 Å². The molecule has 1 aromatic carbocycles. The van der Waals surface area contributed by atoms with Gasteiger partial charge in [-0.25, -0.2) is 0 Å². The minimum atomic E-state index is -4.28. The summed E-state index contributed by atoms with van der Waals surface area (Å²) in [5.74, 6) is -0.475. The Kier molecular flexibility index (Phi) is 4.13. The first-order chi connectivity index (χ1) is 9.70. The van der Waals surface area contributed by atoms with Gasteiger partial charge in [0.1, 0.15) is 4.88 Å². The lowest BCUT2D eigenvalue weighted by Crippen LogP contribution is -2.30. The van der Waals surface area contributed by atoms with E-state index in [0.29, 0.717) is 10.6 Å². The van der Waals surface area contributed by atoms with Gasteiger partial charge in [0, 0.05) is 23.7 Å². The Morgan fingerprint density at radius 1 is 1.38 bits per heavy atom. The topological polar surface area (TPSA) is 46.3 Å². The second-order valence-electron chi connectivity index (χ2n) is 4.89. The average Bonchev–Trinajstić information content (AvgIpc) is 2.74. The van der Waals surface area contributed by atoms with Crippen molar-refractivity contribution in [3.63, 3.8) is 0 Å². The van der Waals surface area contributed by atoms with Crippen molar-refractivity contribution in [3.05, 3.63) is 28.6 Å². The van der Waals surface area contributed by atoms with Crippen LogP contribution in [-0.2, 0) is 0 Å². The van der Waals surface area contributed by atoms with E-state index in [0.717, 1.165) is 20.5 Å². The number of rotatable bonds is 3. The largest absolute Gasteiger partial charge is 0.397 e. The van der Waals surface area contributed by atoms with E-state index in [2.05, 4.69) is 0 Å². The Balaban J connectivity index is 2.27. The second kappa shape index (κ2) is 5.55. The fourth-order valence-corrected chi connectivity index (χ4v) is 3.19. The zero-order valence-electron chi connectivity index (χ0n) is 11.6. The van der Waals surface area contributed by atoms with E-state index in [-0.39, 0.29) is 6.54 Å². The molecule has 0 spiro atoms. The maximum Gasteiger partial charge on any atom is 0.390 e. The normalized spacial score (nSPS) is 11.9. The van der Waals surface area contributed by atoms with Crippen molar-refractivity contribution in [2.45, 2.75) is 19.5 Å². The van der Waals surface area contributed by atoms with Crippen molar-refractivity contribution < 1.29 is 18.0 Å². The van der Waals surface area contributed by atoms with Gasteiger partial charge in [-0.2, -0.15) is 13.2 Å². The van der Waals surface area contributed by atoms with Gasteiger partial charge in [0.25, 0.3) is 5.91 Å². The predicted octanol–water partition coefficient (Wildman–Crippen LogP) is 3.82. The summed E-state index contributed by atoms with van der Waals surface area (Å²) < 4.78 is 37.6. The van der Waals surface area contributed by atoms with Gasteiger partial charge in [-0.3, -0.25) is 4.79 Å². The van der Waals surface area contributed by atoms with Crippen molar-refractivity contribution in [1.29, 1.82) is 0 Å². The fourth-order valence-electron chi connectivity index (χ4n) is 2.01. The molecule has 114 valence electrons. The van der Waals surface area contributed by atoms with Crippen LogP contribution in [0.4, 0.5) is 18.9 Å². The van der Waals surface area contributed by atoms with E-state index >= 15 is 0 Å². The zero-order chi connectivity index (χ0) is 15.8. The summed E-state index contributed by atoms with van der Waals surface area (Å²) in [5, 5.41) is 0.771. The minimum Gasteiger partial charge on any atom is -0.397 e. The highest BCUT2D eigenvalue weighted by molar-refractivity contribution is 7.21. The molecule has 2 N–H and O–H groups in total. The first kappa shape index (κ1) is 15.6. The average molecular weight is 316 g/mol. The van der Waals surface area contributed by atoms with Crippen LogP contribution in [-0.4, -0.2) is 30.6 Å². The van der Waals surface area contributed by atoms with Gasteiger partial charge < -0.3 is 10.6 Å². The fraction of sp³-hybridized carbons (Fsp3) is 0.357. The zero-order valence-corrected chi connectivity index (χ0v) is 12.4. The molecule has 2 rings (SSSR count). The summed E-state index contributed by atoms with van der Waals surface area (Å²) in [5.41, 5.74) is 7.29. The Labute approximate surface area is 124 Å². The van der Waals surface area contributed by atoms with Crippen molar-refractivity contribution in [1.82, 2.24) is 4.90 Å². The molecule has 0 aliphatic heterocycles. The second-order valence-corrected chi connectivity index (χ2v) is 5.91. The molecule has 1 amide bonds. The maximum atomic E-state index is 12.3. The number of alkyl halides is 3. The molecule has 7 heteroatoms. The molecule has 0 aliphatic carbocycles. The van der Waals surface area contributed by atoms with Gasteiger partial charge >= 0.3 is 6.18 Å². The molecular weight excluding hydrogens is 301 g/mol. The number of nitrogens with zero attached hydrogens (tertiary/aromatic N) is 1. The van der Waals surface area contributed by atoms with Crippen LogP contribution >= 0.6 is 11.3 Å². The van der Waals surface area contributed by atoms with Crippen molar-refractivity contribution in [3.8, 4) is 0 Å². The Morgan fingerprint density at radius 2 is 2.05 bits per heavy atom. The number of nitrogens with two attached hydrogens (primary N) is 1. The van der Waals surface area contributed by atoms with E-state index in [1.54, 1.807) is 6.07 Å². The van der Waals surface area contributed by atoms with Crippen LogP contribution in [0.25, 0.3) is 10.1 Å². The van der Waals surface area contributed by atoms with Gasteiger partial charge in [0.2, 0.25) is 0 Å². The molecule has 0 bridgehead atoms. The van der Waals surface area contributed by atoms with Crippen molar-refractivity contribution >= 4 is 33.0 Å². The third-order valence-corrected chi connectivity index (χ3v) is 4.57. The van der Waals surface area contributed by atoms with E-state index in [1.165, 1.54) is 18.4 Å². The highest BCUT2D eigenvalue weighted by Gasteiger charge is 2.29. The first-order valence-electron chi connectivity index (χ1n) is 6.30. The molecule has 2 aromatic rings. The third-order valence-electron chi connectivity index (χ3n) is 3.22. The molecule has 0 aliphatic rings. The summed E-state index contributed by atoms with van der Waals surface area (Å²) in [6, 6.07) is 5.54. The van der Waals surface area contributed by atoms with E-state index in [9.17, 15) is 18.0 Å². The quantitative estimate of drug-likeness (QED) is 0.936. The standard InChI is InChI=1S/C14H15F3N2OS/c1-8-4-3-5-9-10(18)12(21-11(8)9)13(20)19(2)7-6-14(15,16)17/h3-5H,6-7,18H2,1-2H3. The van der Waals surface area contributed by atoms with Crippen LogP contribution in [0.2, 0.25) is 0 Å². The van der Waals surface area contributed by atoms with E-state index in [1.807, 2.05) is 19.1 Å². The SMILES string of the molecule is Cc1cccc2c(N)c(C(=O)N(C)CCC(F)(F)F)sc12. The number of thiophene rings is 1. The molecule has 0 radical (unpaired) electrons. The minimum absolute atomic E-state index is 0.295. The maximum absolute atomic E-state index is 12.3. The molecule has 0 saturated carbocycles. The van der Waals surface area contributed by atoms with Gasteiger partial charge in [0.15, 0.2) is 0 Å². The van der Waals surface area contributed by atoms with E-state index in [4.69, 9.17) is 5.73 Å². The highest BCUT2D eigenvalue weighted by Crippen LogP contribution is 2.36. The number of benzene rings is 1. The molecular formula is C14H15F3N2OS. The number of anilines is 1. The third kappa shape index (κ3) is 3.29. The number of hydrogen-bond donors (Lipinski definition) is 1. The number of carbonyl (C=O) groups is 1. The number of carbonyl (C=O) groups excluding carboxylic acids is 1. The molecule has 0 unspecified atom stereocenters. The van der Waals surface area contributed by atoms with Crippen LogP contribution in [0.15, 0.2) is 18.2 Å². The molecule has 0 atom stereocenters. The summed E-state index contributed by atoms with van der Waals surface area (Å²) in [7, 11) is 1.35. The molecule has 0 saturated heterocycles. The van der Waals surface area contributed by atoms with Crippen LogP contribution in [0.3, 0.4) is 0 Å². The number of amides is 1. The smallest absolute Gasteiger partial charge is 0.390 e. The van der Waals surface area contributed by atoms with Crippen LogP contribution in [0.5, 0.6) is 0 Å². The summed E-state index contributed by atoms with van der Waals surface area (Å²) in [6.45, 7) is 1.52. The Bertz CT molecular complexity index is 679. The highest BCUT2D eigenvalue weighted by atomic mass is 32.1. The Hall–Kier alpha value is -1.76. The number of aryl methyl sites for hydroxylation is 1. The molecule has 1 heterocycles. The lowest BCUT2D eigenvalue weighted by molar-refractivity contribution is -0.136. The predicted molar refractivity (Wildman–Crippen MR) is 78.6 cm³/mol. The van der Waals surface area contributed by atoms with Gasteiger partial charge in [-0.05, 0) is 12.5 Å². The van der Waals surface area contributed by atoms with E-state index < -0.39 is 18.5 Å². The molecule has 1 aromatic heterocycles. The number of halogens is 3. The lowest BCUT2D eigenvalue weighted by Gasteiger charge is -2.17. The lowest BCUT2D eigenvalue weighted by atomic mass is 10.1. The molecule has 0 fully saturated rings. The number of fused-ring (bicyclic) bond motifs is 1. The van der Waals surface area contributed by atoms with Crippen molar-refractivity contribution in [2.75, 3.05) is 19.3 Å². The first-order valence-corrected chi connectivity index (χ1v) is 7.12. The molecule has 3 nitrogen and oxygen atoms in total. The van der Waals surface area contributed by atoms with Crippen molar-refractivity contribution in [2.24, 2.45) is 0 Å². The summed E-state index contributed by atoms with van der Waals surface area (Å²) >= 11 is 1.22. The monoisotopic (exact) mass is 316 g/mol. The van der Waals surface area contributed by atoms with Crippen LogP contribution < -0.4 is 5.73 Å². The number of nitrogen functional groups attached to an aromatic ring is 1. The van der Waals surface area contributed by atoms with Gasteiger partial charge in [-0.15, -0.1) is 11.3 Å². The Morgan fingerprint density at radius 3 is 2.62 bits per heavy atom.